The minimum Gasteiger partial charge on any atom is -0.481 e. The molecule has 2 saturated carbocycles. The Labute approximate surface area is 410 Å². The zero-order valence-corrected chi connectivity index (χ0v) is 40.0. The van der Waals surface area contributed by atoms with E-state index < -0.39 is 6.04 Å². The number of nitrogens with two attached hydrogens (primary N) is 2. The summed E-state index contributed by atoms with van der Waals surface area (Å²) in [4.78, 5) is 70.2. The quantitative estimate of drug-likeness (QED) is 0.119. The fraction of sp³-hybridized carbons (Fsp3) is 0.269. The summed E-state index contributed by atoms with van der Waals surface area (Å²) in [6.45, 7) is 5.42. The number of aromatic nitrogens is 13. The molecule has 7 aromatic heterocycles. The van der Waals surface area contributed by atoms with Crippen molar-refractivity contribution in [3.8, 4) is 28.4 Å². The summed E-state index contributed by atoms with van der Waals surface area (Å²) in [6.07, 6.45) is 10.5. The van der Waals surface area contributed by atoms with Gasteiger partial charge in [-0.3, -0.25) is 23.5 Å². The molecule has 2 aliphatic carbocycles. The van der Waals surface area contributed by atoms with E-state index in [2.05, 4.69) is 30.2 Å². The Morgan fingerprint density at radius 3 is 1.54 bits per heavy atom. The van der Waals surface area contributed by atoms with Gasteiger partial charge < -0.3 is 21.5 Å². The lowest BCUT2D eigenvalue weighted by atomic mass is 9.92. The van der Waals surface area contributed by atoms with Crippen molar-refractivity contribution in [2.45, 2.75) is 83.5 Å². The molecule has 10 aromatic rings. The third-order valence-corrected chi connectivity index (χ3v) is 13.8. The molecule has 362 valence electrons. The molecule has 3 aromatic carbocycles. The number of para-hydroxylation sites is 2. The van der Waals surface area contributed by atoms with Crippen LogP contribution in [0.25, 0.3) is 66.4 Å². The number of amides is 1. The monoisotopic (exact) mass is 962 g/mol. The van der Waals surface area contributed by atoms with Crippen LogP contribution in [0.3, 0.4) is 0 Å². The van der Waals surface area contributed by atoms with Crippen LogP contribution in [0.15, 0.2) is 113 Å². The van der Waals surface area contributed by atoms with Crippen LogP contribution in [0.4, 0.5) is 17.3 Å². The minimum absolute atomic E-state index is 0.0210. The van der Waals surface area contributed by atoms with Gasteiger partial charge in [-0.25, -0.2) is 44.3 Å². The highest BCUT2D eigenvalue weighted by molar-refractivity contribution is 5.99. The van der Waals surface area contributed by atoms with Gasteiger partial charge in [-0.05, 0) is 94.8 Å². The van der Waals surface area contributed by atoms with E-state index in [1.165, 1.54) is 19.6 Å². The number of carbonyl (C=O) groups is 1. The van der Waals surface area contributed by atoms with E-state index in [1.54, 1.807) is 28.7 Å². The van der Waals surface area contributed by atoms with Crippen LogP contribution in [-0.4, -0.2) is 76.6 Å². The van der Waals surface area contributed by atoms with E-state index in [4.69, 9.17) is 36.4 Å². The second kappa shape index (κ2) is 18.4. The number of fused-ring (bicyclic) bond motifs is 4. The van der Waals surface area contributed by atoms with Crippen molar-refractivity contribution in [3.05, 3.63) is 136 Å². The molecular weight excluding hydrogens is 913 g/mol. The molecule has 1 amide bonds. The number of nitrogens with one attached hydrogen (secondary N) is 1. The van der Waals surface area contributed by atoms with Crippen LogP contribution in [-0.2, 0) is 4.79 Å². The van der Waals surface area contributed by atoms with Crippen molar-refractivity contribution in [3.63, 3.8) is 0 Å². The van der Waals surface area contributed by atoms with E-state index in [0.29, 0.717) is 90.1 Å². The highest BCUT2D eigenvalue weighted by Crippen LogP contribution is 2.38. The largest absolute Gasteiger partial charge is 0.481 e. The Bertz CT molecular complexity index is 3840. The number of anilines is 3. The fourth-order valence-electron chi connectivity index (χ4n) is 9.62. The third-order valence-electron chi connectivity index (χ3n) is 13.8. The number of nitrogen functional groups attached to an aromatic ring is 2. The first-order chi connectivity index (χ1) is 35.0. The molecule has 7 heterocycles. The number of methoxy groups -OCH3 is 1. The highest BCUT2D eigenvalue weighted by Gasteiger charge is 2.32. The number of pyridine rings is 1. The summed E-state index contributed by atoms with van der Waals surface area (Å²) in [5.74, 6) is 2.28. The van der Waals surface area contributed by atoms with E-state index in [1.807, 2.05) is 102 Å². The van der Waals surface area contributed by atoms with E-state index in [-0.39, 0.29) is 35.2 Å². The Morgan fingerprint density at radius 1 is 0.639 bits per heavy atom. The summed E-state index contributed by atoms with van der Waals surface area (Å²) in [6, 6.07) is 25.4. The highest BCUT2D eigenvalue weighted by atomic mass is 16.5. The number of hydrogen-bond acceptors (Lipinski definition) is 15. The first-order valence-corrected chi connectivity index (χ1v) is 23.9. The summed E-state index contributed by atoms with van der Waals surface area (Å²) in [7, 11) is 1.57. The maximum atomic E-state index is 13.6. The molecule has 0 spiro atoms. The van der Waals surface area contributed by atoms with E-state index in [9.17, 15) is 14.4 Å². The molecule has 72 heavy (non-hydrogen) atoms. The number of benzene rings is 3. The number of carbonyl (C=O) groups excluding carboxylic acids is 1. The molecule has 2 unspecified atom stereocenters. The standard InChI is InChI=1S/C27H26N8O2.C25H24N8O2/c1-15(25-32-21-9-4-3-8-20(21)27(37)34(25)19-6-5-7-19)35-26-22(24(28)29-14-30-26)23(33-35)17-10-12-18(13-11-17)31-16(2)36;1-14(23-30-18-9-4-3-8-17(18)25(34)32(23)16-6-5-7-16)33-24-20(22(26)28-13-29-24)21(31-33)15-10-11-19(35-2)27-12-15/h3-4,8-15,19H,5-7H2,1-2H3,(H,31,36)(H2,28,29,30);3-4,8-14,16H,5-7H2,1-2H3,(H2,26,28,29). The minimum atomic E-state index is -0.401. The van der Waals surface area contributed by atoms with Crippen LogP contribution in [0.1, 0.15) is 95.1 Å². The number of rotatable bonds is 10. The second-order valence-electron chi connectivity index (χ2n) is 18.2. The van der Waals surface area contributed by atoms with Gasteiger partial charge in [0.25, 0.3) is 11.1 Å². The molecular formula is C52H50N16O4. The summed E-state index contributed by atoms with van der Waals surface area (Å²) < 4.78 is 12.4. The van der Waals surface area contributed by atoms with Crippen molar-refractivity contribution in [1.82, 2.24) is 63.6 Å². The van der Waals surface area contributed by atoms with Crippen molar-refractivity contribution in [1.29, 1.82) is 0 Å². The normalized spacial score (nSPS) is 14.7. The molecule has 0 saturated heterocycles. The van der Waals surface area contributed by atoms with E-state index >= 15 is 0 Å². The van der Waals surface area contributed by atoms with Gasteiger partial charge >= 0.3 is 0 Å². The van der Waals surface area contributed by atoms with Crippen LogP contribution in [0.2, 0.25) is 0 Å². The Hall–Kier alpha value is -8.94. The van der Waals surface area contributed by atoms with Crippen molar-refractivity contribution in [2.24, 2.45) is 0 Å². The van der Waals surface area contributed by atoms with Crippen molar-refractivity contribution < 1.29 is 9.53 Å². The van der Waals surface area contributed by atoms with Gasteiger partial charge in [0, 0.05) is 48.1 Å². The zero-order chi connectivity index (χ0) is 49.8. The molecule has 20 heteroatoms. The van der Waals surface area contributed by atoms with E-state index in [0.717, 1.165) is 49.7 Å². The third kappa shape index (κ3) is 7.89. The maximum absolute atomic E-state index is 13.6. The molecule has 5 N–H and O–H groups in total. The first-order valence-electron chi connectivity index (χ1n) is 23.9. The second-order valence-corrected chi connectivity index (χ2v) is 18.2. The van der Waals surface area contributed by atoms with Crippen LogP contribution in [0.5, 0.6) is 5.88 Å². The Kier molecular flexibility index (Phi) is 11.6. The molecule has 0 aliphatic heterocycles. The molecule has 20 nitrogen and oxygen atoms in total. The molecule has 2 fully saturated rings. The van der Waals surface area contributed by atoms with Gasteiger partial charge in [0.1, 0.15) is 59.4 Å². The molecule has 0 bridgehead atoms. The molecule has 0 radical (unpaired) electrons. The Balaban J connectivity index is 0.000000156. The Morgan fingerprint density at radius 2 is 1.11 bits per heavy atom. The fourth-order valence-corrected chi connectivity index (χ4v) is 9.62. The number of ether oxygens (including phenoxy) is 1. The molecule has 2 aliphatic rings. The van der Waals surface area contributed by atoms with Gasteiger partial charge in [0.05, 0.1) is 39.7 Å². The molecule has 2 atom stereocenters. The smallest absolute Gasteiger partial charge is 0.261 e. The first kappa shape index (κ1) is 45.5. The van der Waals surface area contributed by atoms with Gasteiger partial charge in [0.15, 0.2) is 11.3 Å². The van der Waals surface area contributed by atoms with Gasteiger partial charge in [-0.1, -0.05) is 36.4 Å². The lowest BCUT2D eigenvalue weighted by Crippen LogP contribution is -2.34. The van der Waals surface area contributed by atoms with Gasteiger partial charge in [-0.15, -0.1) is 0 Å². The van der Waals surface area contributed by atoms with Crippen LogP contribution < -0.4 is 32.6 Å². The maximum Gasteiger partial charge on any atom is 0.261 e. The van der Waals surface area contributed by atoms with Gasteiger partial charge in [-0.2, -0.15) is 10.2 Å². The average molecular weight is 963 g/mol. The van der Waals surface area contributed by atoms with Crippen LogP contribution >= 0.6 is 0 Å². The molecule has 12 rings (SSSR count). The predicted molar refractivity (Wildman–Crippen MR) is 274 cm³/mol. The topological polar surface area (TPSA) is 260 Å². The van der Waals surface area contributed by atoms with Crippen LogP contribution in [0, 0.1) is 0 Å². The average Bonchev–Trinajstić information content (AvgIpc) is 3.96. The summed E-state index contributed by atoms with van der Waals surface area (Å²) in [5, 5.41) is 15.1. The summed E-state index contributed by atoms with van der Waals surface area (Å²) in [5.41, 5.74) is 18.5. The lowest BCUT2D eigenvalue weighted by Gasteiger charge is -2.31. The number of hydrogen-bond donors (Lipinski definition) is 3. The lowest BCUT2D eigenvalue weighted by molar-refractivity contribution is -0.114. The summed E-state index contributed by atoms with van der Waals surface area (Å²) >= 11 is 0. The van der Waals surface area contributed by atoms with Gasteiger partial charge in [0.2, 0.25) is 11.8 Å². The number of nitrogens with zero attached hydrogens (tertiary/aromatic N) is 13. The predicted octanol–water partition coefficient (Wildman–Crippen LogP) is 7.60. The van der Waals surface area contributed by atoms with Crippen molar-refractivity contribution in [2.75, 3.05) is 23.9 Å². The SMILES string of the molecule is CC(=O)Nc1ccc(-c2nn(C(C)c3nc4ccccc4c(=O)n3C3CCC3)c3ncnc(N)c23)cc1.COc1ccc(-c2nn(C(C)c3nc4ccccc4c(=O)n3C3CCC3)c3ncnc(N)c23)cn1. The van der Waals surface area contributed by atoms with Crippen molar-refractivity contribution >= 4 is 67.1 Å². The zero-order valence-electron chi connectivity index (χ0n) is 40.0.